The van der Waals surface area contributed by atoms with E-state index < -0.39 is 17.9 Å². The van der Waals surface area contributed by atoms with Crippen molar-refractivity contribution in [2.24, 2.45) is 0 Å². The van der Waals surface area contributed by atoms with Crippen molar-refractivity contribution in [3.63, 3.8) is 0 Å². The topological polar surface area (TPSA) is 88.1 Å². The van der Waals surface area contributed by atoms with Crippen LogP contribution in [-0.2, 0) is 25.4 Å². The quantitative estimate of drug-likeness (QED) is 0.122. The van der Waals surface area contributed by atoms with Crippen molar-refractivity contribution in [2.45, 2.75) is 51.9 Å². The van der Waals surface area contributed by atoms with Gasteiger partial charge < -0.3 is 18.9 Å². The lowest BCUT2D eigenvalue weighted by Gasteiger charge is -2.15. The zero-order valence-electron chi connectivity index (χ0n) is 21.8. The third-order valence-corrected chi connectivity index (χ3v) is 5.93. The summed E-state index contributed by atoms with van der Waals surface area (Å²) in [5, 5.41) is 0. The highest BCUT2D eigenvalue weighted by molar-refractivity contribution is 5.91. The second-order valence-corrected chi connectivity index (χ2v) is 8.75. The maximum Gasteiger partial charge on any atom is 0.343 e. The van der Waals surface area contributed by atoms with Crippen LogP contribution in [0.25, 0.3) is 0 Å². The fourth-order valence-electron chi connectivity index (χ4n) is 3.67. The molecule has 1 aliphatic carbocycles. The van der Waals surface area contributed by atoms with Crippen molar-refractivity contribution in [3.05, 3.63) is 102 Å². The van der Waals surface area contributed by atoms with Crippen LogP contribution in [0.1, 0.15) is 71.7 Å². The van der Waals surface area contributed by atoms with Crippen molar-refractivity contribution in [1.82, 2.24) is 0 Å². The van der Waals surface area contributed by atoms with Gasteiger partial charge in [-0.05, 0) is 86.2 Å². The van der Waals surface area contributed by atoms with Crippen molar-refractivity contribution in [1.29, 1.82) is 0 Å². The molecule has 7 heteroatoms. The minimum atomic E-state index is -0.454. The van der Waals surface area contributed by atoms with Crippen LogP contribution in [0.4, 0.5) is 0 Å². The number of unbranched alkanes of at least 4 members (excludes halogenated alkanes) is 3. The lowest BCUT2D eigenvalue weighted by Crippen LogP contribution is -2.10. The van der Waals surface area contributed by atoms with Crippen LogP contribution in [0.2, 0.25) is 0 Å². The summed E-state index contributed by atoms with van der Waals surface area (Å²) in [6.07, 6.45) is 9.90. The van der Waals surface area contributed by atoms with Crippen molar-refractivity contribution >= 4 is 17.9 Å². The molecule has 0 fully saturated rings. The van der Waals surface area contributed by atoms with Gasteiger partial charge >= 0.3 is 17.9 Å². The average Bonchev–Trinajstić information content (AvgIpc) is 2.95. The summed E-state index contributed by atoms with van der Waals surface area (Å²) < 4.78 is 21.7. The van der Waals surface area contributed by atoms with Crippen LogP contribution in [0.5, 0.6) is 5.75 Å². The number of hydrogen-bond acceptors (Lipinski definition) is 7. The van der Waals surface area contributed by atoms with Crippen LogP contribution in [0.15, 0.2) is 84.9 Å². The lowest BCUT2D eigenvalue weighted by atomic mass is 10.1. The highest BCUT2D eigenvalue weighted by atomic mass is 16.5. The Hall–Kier alpha value is -4.13. The molecule has 0 amide bonds. The van der Waals surface area contributed by atoms with Gasteiger partial charge in [-0.15, -0.1) is 0 Å². The first-order valence-electron chi connectivity index (χ1n) is 12.9. The molecule has 2 aromatic carbocycles. The predicted octanol–water partition coefficient (Wildman–Crippen LogP) is 6.49. The van der Waals surface area contributed by atoms with E-state index in [-0.39, 0.29) is 0 Å². The summed E-state index contributed by atoms with van der Waals surface area (Å²) in [6, 6.07) is 14.2. The number of hydrogen-bond donors (Lipinski definition) is 0. The lowest BCUT2D eigenvalue weighted by molar-refractivity contribution is -0.137. The SMILES string of the molecule is C=CC(=O)OCCCCCCOc1ccc(C(=O)OC2=CC=C(OC(=O)c3ccc(CC)cc3)CC2)cc1. The number of ether oxygens (including phenoxy) is 4. The Morgan fingerprint density at radius 1 is 0.763 bits per heavy atom. The van der Waals surface area contributed by atoms with E-state index in [0.29, 0.717) is 54.5 Å². The maximum atomic E-state index is 12.5. The molecule has 7 nitrogen and oxygen atoms in total. The number of aryl methyl sites for hydroxylation is 1. The first-order chi connectivity index (χ1) is 18.5. The average molecular weight is 519 g/mol. The fourth-order valence-corrected chi connectivity index (χ4v) is 3.67. The number of esters is 3. The summed E-state index contributed by atoms with van der Waals surface area (Å²) in [5.41, 5.74) is 2.08. The van der Waals surface area contributed by atoms with E-state index in [0.717, 1.165) is 43.7 Å². The van der Waals surface area contributed by atoms with Crippen LogP contribution in [0.3, 0.4) is 0 Å². The molecule has 0 radical (unpaired) electrons. The summed E-state index contributed by atoms with van der Waals surface area (Å²) >= 11 is 0. The summed E-state index contributed by atoms with van der Waals surface area (Å²) in [4.78, 5) is 35.8. The predicted molar refractivity (Wildman–Crippen MR) is 144 cm³/mol. The van der Waals surface area contributed by atoms with Crippen molar-refractivity contribution in [3.8, 4) is 5.75 Å². The molecule has 0 atom stereocenters. The first kappa shape index (κ1) is 28.4. The molecule has 200 valence electrons. The molecule has 0 aromatic heterocycles. The second kappa shape index (κ2) is 15.2. The third-order valence-electron chi connectivity index (χ3n) is 5.93. The van der Waals surface area contributed by atoms with Crippen LogP contribution in [0, 0.1) is 0 Å². The molecule has 0 heterocycles. The Labute approximate surface area is 223 Å². The van der Waals surface area contributed by atoms with Crippen LogP contribution in [-0.4, -0.2) is 31.1 Å². The van der Waals surface area contributed by atoms with Crippen molar-refractivity contribution in [2.75, 3.05) is 13.2 Å². The smallest absolute Gasteiger partial charge is 0.343 e. The number of carbonyl (C=O) groups is 3. The molecule has 1 aliphatic rings. The maximum absolute atomic E-state index is 12.5. The van der Waals surface area contributed by atoms with E-state index in [4.69, 9.17) is 18.9 Å². The molecule has 0 saturated heterocycles. The molecule has 38 heavy (non-hydrogen) atoms. The van der Waals surface area contributed by atoms with Gasteiger partial charge in [0, 0.05) is 18.9 Å². The van der Waals surface area contributed by atoms with Gasteiger partial charge in [0.2, 0.25) is 0 Å². The minimum Gasteiger partial charge on any atom is -0.494 e. The van der Waals surface area contributed by atoms with E-state index in [1.54, 1.807) is 48.6 Å². The molecule has 0 N–H and O–H groups in total. The largest absolute Gasteiger partial charge is 0.494 e. The highest BCUT2D eigenvalue weighted by Crippen LogP contribution is 2.23. The monoisotopic (exact) mass is 518 g/mol. The van der Waals surface area contributed by atoms with E-state index in [1.807, 2.05) is 12.1 Å². The summed E-state index contributed by atoms with van der Waals surface area (Å²) in [7, 11) is 0. The van der Waals surface area contributed by atoms with Gasteiger partial charge in [-0.2, -0.15) is 0 Å². The molecule has 0 aliphatic heterocycles. The van der Waals surface area contributed by atoms with Gasteiger partial charge in [-0.25, -0.2) is 14.4 Å². The zero-order chi connectivity index (χ0) is 27.2. The molecule has 0 unspecified atom stereocenters. The number of allylic oxidation sites excluding steroid dienone is 4. The Balaban J connectivity index is 1.37. The van der Waals surface area contributed by atoms with Gasteiger partial charge in [-0.1, -0.05) is 25.6 Å². The number of rotatable bonds is 14. The minimum absolute atomic E-state index is 0.394. The Morgan fingerprint density at radius 2 is 1.29 bits per heavy atom. The highest BCUT2D eigenvalue weighted by Gasteiger charge is 2.17. The Morgan fingerprint density at radius 3 is 1.79 bits per heavy atom. The molecule has 3 rings (SSSR count). The second-order valence-electron chi connectivity index (χ2n) is 8.75. The van der Waals surface area contributed by atoms with Gasteiger partial charge in [-0.3, -0.25) is 0 Å². The zero-order valence-corrected chi connectivity index (χ0v) is 21.8. The molecular weight excluding hydrogens is 484 g/mol. The number of carbonyl (C=O) groups excluding carboxylic acids is 3. The van der Waals surface area contributed by atoms with Crippen LogP contribution >= 0.6 is 0 Å². The third kappa shape index (κ3) is 9.39. The fraction of sp³-hybridized carbons (Fsp3) is 0.323. The molecule has 0 saturated carbocycles. The molecule has 2 aromatic rings. The van der Waals surface area contributed by atoms with Gasteiger partial charge in [0.05, 0.1) is 24.3 Å². The van der Waals surface area contributed by atoms with Crippen LogP contribution < -0.4 is 4.74 Å². The van der Waals surface area contributed by atoms with Gasteiger partial charge in [0.1, 0.15) is 17.3 Å². The normalized spacial score (nSPS) is 12.6. The molecule has 0 bridgehead atoms. The Bertz CT molecular complexity index is 1160. The summed E-state index contributed by atoms with van der Waals surface area (Å²) in [6.45, 7) is 6.38. The number of benzene rings is 2. The van der Waals surface area contributed by atoms with E-state index in [9.17, 15) is 14.4 Å². The van der Waals surface area contributed by atoms with E-state index >= 15 is 0 Å². The Kier molecular flexibility index (Phi) is 11.4. The van der Waals surface area contributed by atoms with Gasteiger partial charge in [0.15, 0.2) is 0 Å². The molecular formula is C31H34O7. The van der Waals surface area contributed by atoms with E-state index in [2.05, 4.69) is 13.5 Å². The standard InChI is InChI=1S/C31H34O7/c1-3-23-9-11-24(12-10-23)30(33)37-27-17-19-28(20-18-27)38-31(34)25-13-15-26(16-14-25)35-21-7-5-6-8-22-36-29(32)4-2/h4,9-17,19H,2-3,5-8,18,20-22H2,1H3. The molecule has 0 spiro atoms. The first-order valence-corrected chi connectivity index (χ1v) is 12.9. The summed E-state index contributed by atoms with van der Waals surface area (Å²) in [5.74, 6) is 0.478. The van der Waals surface area contributed by atoms with E-state index in [1.165, 1.54) is 0 Å². The van der Waals surface area contributed by atoms with Crippen molar-refractivity contribution < 1.29 is 33.3 Å². The van der Waals surface area contributed by atoms with Gasteiger partial charge in [0.25, 0.3) is 0 Å².